The van der Waals surface area contributed by atoms with E-state index in [1.54, 1.807) is 0 Å². The minimum atomic E-state index is -0.349. The average Bonchev–Trinajstić information content (AvgIpc) is 2.86. The fourth-order valence-corrected chi connectivity index (χ4v) is 5.93. The number of aromatic hydroxyl groups is 1. The van der Waals surface area contributed by atoms with Gasteiger partial charge < -0.3 is 14.7 Å². The van der Waals surface area contributed by atoms with Gasteiger partial charge >= 0.3 is 0 Å². The lowest BCUT2D eigenvalue weighted by atomic mass is 9.52. The summed E-state index contributed by atoms with van der Waals surface area (Å²) in [5, 5.41) is 21.9. The van der Waals surface area contributed by atoms with Crippen LogP contribution in [-0.4, -0.2) is 40.7 Å². The smallest absolute Gasteiger partial charge is 0.276 e. The van der Waals surface area contributed by atoms with Gasteiger partial charge in [-0.25, -0.2) is 0 Å². The molecule has 0 amide bonds. The van der Waals surface area contributed by atoms with Gasteiger partial charge in [0, 0.05) is 22.6 Å². The molecule has 5 rings (SSSR count). The van der Waals surface area contributed by atoms with Crippen LogP contribution in [0.4, 0.5) is 5.69 Å². The average molecular weight is 316 g/mol. The van der Waals surface area contributed by atoms with Crippen LogP contribution in [0, 0.1) is 16.0 Å². The molecule has 6 heteroatoms. The van der Waals surface area contributed by atoms with Crippen molar-refractivity contribution in [2.75, 3.05) is 13.6 Å². The number of benzene rings is 1. The van der Waals surface area contributed by atoms with Gasteiger partial charge in [-0.2, -0.15) is 0 Å². The van der Waals surface area contributed by atoms with Crippen LogP contribution in [0.5, 0.6) is 11.5 Å². The number of hydrogen-bond donors (Lipinski definition) is 1. The zero-order valence-electron chi connectivity index (χ0n) is 13.1. The summed E-state index contributed by atoms with van der Waals surface area (Å²) in [5.41, 5.74) is 1.72. The summed E-state index contributed by atoms with van der Waals surface area (Å²) in [4.78, 5) is 13.6. The van der Waals surface area contributed by atoms with E-state index in [0.717, 1.165) is 43.4 Å². The monoisotopic (exact) mass is 316 g/mol. The third kappa shape index (κ3) is 1.43. The summed E-state index contributed by atoms with van der Waals surface area (Å²) in [6.45, 7) is 0.989. The Kier molecular flexibility index (Phi) is 2.47. The van der Waals surface area contributed by atoms with Gasteiger partial charge in [-0.1, -0.05) is 0 Å². The van der Waals surface area contributed by atoms with Crippen LogP contribution in [0.15, 0.2) is 6.07 Å². The molecule has 1 aromatic carbocycles. The van der Waals surface area contributed by atoms with Crippen molar-refractivity contribution in [3.8, 4) is 11.5 Å². The zero-order valence-corrected chi connectivity index (χ0v) is 13.1. The lowest BCUT2D eigenvalue weighted by Gasteiger charge is -2.57. The quantitative estimate of drug-likeness (QED) is 0.636. The van der Waals surface area contributed by atoms with E-state index < -0.39 is 0 Å². The maximum atomic E-state index is 11.5. The lowest BCUT2D eigenvalue weighted by Crippen LogP contribution is -2.63. The molecule has 1 spiro atoms. The Balaban J connectivity index is 1.84. The van der Waals surface area contributed by atoms with Crippen molar-refractivity contribution in [2.24, 2.45) is 5.92 Å². The van der Waals surface area contributed by atoms with Crippen molar-refractivity contribution in [1.82, 2.24) is 4.90 Å². The first-order valence-corrected chi connectivity index (χ1v) is 8.44. The molecule has 23 heavy (non-hydrogen) atoms. The molecule has 0 radical (unpaired) electrons. The van der Waals surface area contributed by atoms with Gasteiger partial charge in [0.15, 0.2) is 11.5 Å². The molecule has 4 aliphatic rings. The molecule has 122 valence electrons. The Morgan fingerprint density at radius 2 is 2.30 bits per heavy atom. The van der Waals surface area contributed by atoms with Crippen LogP contribution in [0.1, 0.15) is 36.8 Å². The highest BCUT2D eigenvalue weighted by Gasteiger charge is 2.64. The molecular formula is C17H20N2O4. The number of piperidine rings is 1. The standard InChI is InChI=1S/C17H20N2O4/c1-18-6-5-17-10-3-2-4-14(17)23-16-13(20)8-11(19(21)22)9(15(16)17)7-12(10)18/h8,10,12,14,20H,2-7H2,1H3/t10-,12+,14-,17+/m0/s1. The van der Waals surface area contributed by atoms with E-state index in [1.807, 2.05) is 0 Å². The van der Waals surface area contributed by atoms with Gasteiger partial charge in [0.2, 0.25) is 0 Å². The minimum Gasteiger partial charge on any atom is -0.504 e. The number of phenolic OH excluding ortho intramolecular Hbond substituents is 1. The second-order valence-electron chi connectivity index (χ2n) is 7.54. The Bertz CT molecular complexity index is 734. The second-order valence-corrected chi connectivity index (χ2v) is 7.54. The second kappa shape index (κ2) is 4.17. The van der Waals surface area contributed by atoms with Crippen LogP contribution in [0.25, 0.3) is 0 Å². The van der Waals surface area contributed by atoms with E-state index in [4.69, 9.17) is 4.74 Å². The number of likely N-dealkylation sites (N-methyl/N-ethyl adjacent to an activating group) is 1. The zero-order chi connectivity index (χ0) is 15.9. The molecule has 0 aromatic heterocycles. The Morgan fingerprint density at radius 1 is 1.48 bits per heavy atom. The molecule has 2 bridgehead atoms. The molecule has 2 aliphatic carbocycles. The summed E-state index contributed by atoms with van der Waals surface area (Å²) >= 11 is 0. The van der Waals surface area contributed by atoms with Crippen molar-refractivity contribution in [3.63, 3.8) is 0 Å². The summed E-state index contributed by atoms with van der Waals surface area (Å²) < 4.78 is 6.19. The van der Waals surface area contributed by atoms with Crippen molar-refractivity contribution in [1.29, 1.82) is 0 Å². The number of likely N-dealkylation sites (tertiary alicyclic amines) is 1. The molecule has 2 aliphatic heterocycles. The van der Waals surface area contributed by atoms with E-state index in [9.17, 15) is 15.2 Å². The maximum absolute atomic E-state index is 11.5. The van der Waals surface area contributed by atoms with Gasteiger partial charge in [-0.05, 0) is 51.6 Å². The molecule has 1 saturated heterocycles. The highest BCUT2D eigenvalue weighted by molar-refractivity contribution is 5.67. The fourth-order valence-electron chi connectivity index (χ4n) is 5.93. The first-order chi connectivity index (χ1) is 11.0. The first kappa shape index (κ1) is 13.6. The molecular weight excluding hydrogens is 296 g/mol. The van der Waals surface area contributed by atoms with Gasteiger partial charge in [-0.15, -0.1) is 0 Å². The summed E-state index contributed by atoms with van der Waals surface area (Å²) in [6, 6.07) is 1.63. The van der Waals surface area contributed by atoms with Crippen LogP contribution in [0.2, 0.25) is 0 Å². The third-order valence-corrected chi connectivity index (χ3v) is 6.81. The van der Waals surface area contributed by atoms with Crippen LogP contribution in [0.3, 0.4) is 0 Å². The number of nitro benzene ring substituents is 1. The lowest BCUT2D eigenvalue weighted by molar-refractivity contribution is -0.385. The highest BCUT2D eigenvalue weighted by Crippen LogP contribution is 2.64. The van der Waals surface area contributed by atoms with Gasteiger partial charge in [0.1, 0.15) is 6.10 Å². The van der Waals surface area contributed by atoms with Gasteiger partial charge in [0.05, 0.1) is 11.0 Å². The topological polar surface area (TPSA) is 75.8 Å². The molecule has 2 fully saturated rings. The van der Waals surface area contributed by atoms with Crippen molar-refractivity contribution < 1.29 is 14.8 Å². The fraction of sp³-hybridized carbons (Fsp3) is 0.647. The predicted molar refractivity (Wildman–Crippen MR) is 82.9 cm³/mol. The van der Waals surface area contributed by atoms with E-state index in [-0.39, 0.29) is 27.9 Å². The number of rotatable bonds is 1. The molecule has 4 atom stereocenters. The van der Waals surface area contributed by atoms with Crippen molar-refractivity contribution >= 4 is 5.69 Å². The van der Waals surface area contributed by atoms with Gasteiger partial charge in [-0.3, -0.25) is 10.1 Å². The van der Waals surface area contributed by atoms with Crippen LogP contribution >= 0.6 is 0 Å². The van der Waals surface area contributed by atoms with Crippen LogP contribution < -0.4 is 4.74 Å². The molecule has 1 aromatic rings. The van der Waals surface area contributed by atoms with E-state index in [1.165, 1.54) is 6.07 Å². The normalized spacial score (nSPS) is 37.2. The number of phenols is 1. The van der Waals surface area contributed by atoms with Crippen molar-refractivity contribution in [2.45, 2.75) is 49.7 Å². The van der Waals surface area contributed by atoms with Crippen LogP contribution in [-0.2, 0) is 11.8 Å². The molecule has 1 N–H and O–H groups in total. The van der Waals surface area contributed by atoms with E-state index >= 15 is 0 Å². The molecule has 6 nitrogen and oxygen atoms in total. The first-order valence-electron chi connectivity index (χ1n) is 8.44. The number of ether oxygens (including phenoxy) is 1. The van der Waals surface area contributed by atoms with Crippen molar-refractivity contribution in [3.05, 3.63) is 27.3 Å². The maximum Gasteiger partial charge on any atom is 0.276 e. The number of hydrogen-bond acceptors (Lipinski definition) is 5. The Hall–Kier alpha value is -1.82. The number of nitrogens with zero attached hydrogens (tertiary/aromatic N) is 2. The third-order valence-electron chi connectivity index (χ3n) is 6.81. The predicted octanol–water partition coefficient (Wildman–Crippen LogP) is 2.36. The van der Waals surface area contributed by atoms with E-state index in [0.29, 0.717) is 24.1 Å². The summed E-state index contributed by atoms with van der Waals surface area (Å²) in [7, 11) is 2.13. The summed E-state index contributed by atoms with van der Waals surface area (Å²) in [5.74, 6) is 0.955. The Labute approximate surface area is 134 Å². The largest absolute Gasteiger partial charge is 0.504 e. The summed E-state index contributed by atoms with van der Waals surface area (Å²) in [6.07, 6.45) is 4.99. The SMILES string of the molecule is CN1CC[C@]23c4c5c([N+](=O)[O-])cc(O)c4O[C@H]2CCC[C@H]3[C@H]1C5. The molecule has 2 heterocycles. The van der Waals surface area contributed by atoms with Gasteiger partial charge in [0.25, 0.3) is 5.69 Å². The Morgan fingerprint density at radius 3 is 3.09 bits per heavy atom. The highest BCUT2D eigenvalue weighted by atomic mass is 16.6. The number of nitro groups is 1. The molecule has 1 saturated carbocycles. The minimum absolute atomic E-state index is 0.0599. The van der Waals surface area contributed by atoms with E-state index in [2.05, 4.69) is 11.9 Å². The molecule has 0 unspecified atom stereocenters.